The standard InChI is InChI=1S/C19H13ClF5N3O2/c1-9-4-16(28-18(26)27-9)29-8-10-5-14(21)17(15(22)6-10)30-11-2-3-13(20)12(7-11)19(23,24)25/h2-7H,8H2,1H3,(H2,26,27,28). The molecule has 0 unspecified atom stereocenters. The molecule has 2 aromatic carbocycles. The first kappa shape index (κ1) is 21.6. The summed E-state index contributed by atoms with van der Waals surface area (Å²) in [6.07, 6.45) is -4.75. The average Bonchev–Trinajstić information content (AvgIpc) is 2.62. The second-order valence-corrected chi connectivity index (χ2v) is 6.53. The van der Waals surface area contributed by atoms with Crippen LogP contribution in [0.25, 0.3) is 0 Å². The van der Waals surface area contributed by atoms with Crippen molar-refractivity contribution in [2.75, 3.05) is 5.73 Å². The number of hydrogen-bond donors (Lipinski definition) is 1. The van der Waals surface area contributed by atoms with Crippen molar-refractivity contribution in [1.82, 2.24) is 9.97 Å². The number of alkyl halides is 3. The van der Waals surface area contributed by atoms with Gasteiger partial charge < -0.3 is 15.2 Å². The van der Waals surface area contributed by atoms with Crippen molar-refractivity contribution in [2.24, 2.45) is 0 Å². The van der Waals surface area contributed by atoms with E-state index < -0.39 is 39.9 Å². The number of aromatic nitrogens is 2. The van der Waals surface area contributed by atoms with Crippen LogP contribution >= 0.6 is 11.6 Å². The van der Waals surface area contributed by atoms with Gasteiger partial charge in [0.15, 0.2) is 17.4 Å². The van der Waals surface area contributed by atoms with Crippen LogP contribution in [0.4, 0.5) is 27.9 Å². The molecule has 0 spiro atoms. The minimum atomic E-state index is -4.75. The van der Waals surface area contributed by atoms with E-state index in [2.05, 4.69) is 9.97 Å². The minimum Gasteiger partial charge on any atom is -0.473 e. The normalized spacial score (nSPS) is 11.4. The van der Waals surface area contributed by atoms with Crippen molar-refractivity contribution < 1.29 is 31.4 Å². The molecule has 3 rings (SSSR count). The summed E-state index contributed by atoms with van der Waals surface area (Å²) in [6, 6.07) is 5.88. The van der Waals surface area contributed by atoms with Crippen molar-refractivity contribution in [2.45, 2.75) is 19.7 Å². The Morgan fingerprint density at radius 1 is 1.03 bits per heavy atom. The van der Waals surface area contributed by atoms with Crippen LogP contribution in [0, 0.1) is 18.6 Å². The average molecular weight is 446 g/mol. The lowest BCUT2D eigenvalue weighted by Crippen LogP contribution is -2.06. The molecule has 0 atom stereocenters. The number of benzene rings is 2. The van der Waals surface area contributed by atoms with E-state index in [4.69, 9.17) is 26.8 Å². The number of nitrogens with zero attached hydrogens (tertiary/aromatic N) is 2. The summed E-state index contributed by atoms with van der Waals surface area (Å²) in [4.78, 5) is 7.70. The molecule has 5 nitrogen and oxygen atoms in total. The molecule has 0 saturated heterocycles. The number of nitrogens with two attached hydrogens (primary N) is 1. The monoisotopic (exact) mass is 445 g/mol. The molecule has 1 heterocycles. The van der Waals surface area contributed by atoms with Crippen LogP contribution in [0.1, 0.15) is 16.8 Å². The van der Waals surface area contributed by atoms with Crippen LogP contribution in [-0.2, 0) is 12.8 Å². The molecule has 30 heavy (non-hydrogen) atoms. The van der Waals surface area contributed by atoms with Gasteiger partial charge in [-0.3, -0.25) is 0 Å². The first-order chi connectivity index (χ1) is 14.0. The molecule has 3 aromatic rings. The Hall–Kier alpha value is -3.14. The number of halogens is 6. The molecule has 0 bridgehead atoms. The topological polar surface area (TPSA) is 70.3 Å². The molecule has 0 aliphatic rings. The lowest BCUT2D eigenvalue weighted by atomic mass is 10.2. The van der Waals surface area contributed by atoms with Gasteiger partial charge in [0.1, 0.15) is 12.4 Å². The van der Waals surface area contributed by atoms with Gasteiger partial charge in [0.2, 0.25) is 11.8 Å². The smallest absolute Gasteiger partial charge is 0.417 e. The maximum atomic E-state index is 14.3. The highest BCUT2D eigenvalue weighted by atomic mass is 35.5. The number of hydrogen-bond acceptors (Lipinski definition) is 5. The maximum Gasteiger partial charge on any atom is 0.417 e. The van der Waals surface area contributed by atoms with Crippen molar-refractivity contribution in [3.8, 4) is 17.4 Å². The molecule has 1 aromatic heterocycles. The zero-order chi connectivity index (χ0) is 22.1. The Bertz CT molecular complexity index is 1050. The summed E-state index contributed by atoms with van der Waals surface area (Å²) < 4.78 is 77.8. The predicted octanol–water partition coefficient (Wildman–Crippen LogP) is 5.69. The number of rotatable bonds is 5. The molecule has 2 N–H and O–H groups in total. The SMILES string of the molecule is Cc1cc(OCc2cc(F)c(Oc3ccc(Cl)c(C(F)(F)F)c3)c(F)c2)nc(N)n1. The zero-order valence-electron chi connectivity index (χ0n) is 15.2. The molecule has 0 amide bonds. The fraction of sp³-hybridized carbons (Fsp3) is 0.158. The summed E-state index contributed by atoms with van der Waals surface area (Å²) in [5, 5.41) is -0.566. The summed E-state index contributed by atoms with van der Waals surface area (Å²) >= 11 is 5.52. The Morgan fingerprint density at radius 3 is 2.30 bits per heavy atom. The summed E-state index contributed by atoms with van der Waals surface area (Å²) in [5.41, 5.74) is 4.95. The van der Waals surface area contributed by atoms with E-state index >= 15 is 0 Å². The maximum absolute atomic E-state index is 14.3. The fourth-order valence-electron chi connectivity index (χ4n) is 2.49. The van der Waals surface area contributed by atoms with E-state index in [9.17, 15) is 22.0 Å². The molecule has 0 aliphatic heterocycles. The molecule has 0 radical (unpaired) electrons. The van der Waals surface area contributed by atoms with Crippen LogP contribution in [0.2, 0.25) is 5.02 Å². The molecular weight excluding hydrogens is 433 g/mol. The van der Waals surface area contributed by atoms with Gasteiger partial charge in [-0.15, -0.1) is 0 Å². The van der Waals surface area contributed by atoms with Gasteiger partial charge >= 0.3 is 6.18 Å². The molecular formula is C19H13ClF5N3O2. The van der Waals surface area contributed by atoms with Crippen molar-refractivity contribution in [3.05, 3.63) is 69.9 Å². The minimum absolute atomic E-state index is 0.0210. The number of aryl methyl sites for hydroxylation is 1. The van der Waals surface area contributed by atoms with Crippen molar-refractivity contribution in [3.63, 3.8) is 0 Å². The van der Waals surface area contributed by atoms with Gasteiger partial charge in [0.05, 0.1) is 10.6 Å². The van der Waals surface area contributed by atoms with Gasteiger partial charge in [-0.1, -0.05) is 11.6 Å². The third-order valence-corrected chi connectivity index (χ3v) is 4.09. The third kappa shape index (κ3) is 5.07. The van der Waals surface area contributed by atoms with E-state index in [1.165, 1.54) is 6.07 Å². The molecule has 0 fully saturated rings. The summed E-state index contributed by atoms with van der Waals surface area (Å²) in [6.45, 7) is 1.42. The lowest BCUT2D eigenvalue weighted by molar-refractivity contribution is -0.137. The lowest BCUT2D eigenvalue weighted by Gasteiger charge is -2.13. The molecule has 0 aliphatic carbocycles. The molecule has 11 heteroatoms. The summed E-state index contributed by atoms with van der Waals surface area (Å²) in [5.74, 6) is -3.46. The Labute approximate surface area is 172 Å². The highest BCUT2D eigenvalue weighted by Gasteiger charge is 2.33. The van der Waals surface area contributed by atoms with Gasteiger partial charge in [-0.25, -0.2) is 13.8 Å². The molecule has 158 valence electrons. The fourth-order valence-corrected chi connectivity index (χ4v) is 2.71. The number of anilines is 1. The highest BCUT2D eigenvalue weighted by molar-refractivity contribution is 6.31. The van der Waals surface area contributed by atoms with Gasteiger partial charge in [-0.05, 0) is 42.8 Å². The molecule has 0 saturated carbocycles. The quantitative estimate of drug-likeness (QED) is 0.511. The van der Waals surface area contributed by atoms with E-state index in [0.29, 0.717) is 11.8 Å². The number of ether oxygens (including phenoxy) is 2. The van der Waals surface area contributed by atoms with Gasteiger partial charge in [0.25, 0.3) is 0 Å². The summed E-state index contributed by atoms with van der Waals surface area (Å²) in [7, 11) is 0. The Kier molecular flexibility index (Phi) is 5.97. The van der Waals surface area contributed by atoms with Crippen LogP contribution in [0.3, 0.4) is 0 Å². The van der Waals surface area contributed by atoms with E-state index in [1.54, 1.807) is 6.92 Å². The Morgan fingerprint density at radius 2 is 1.70 bits per heavy atom. The largest absolute Gasteiger partial charge is 0.473 e. The number of nitrogen functional groups attached to an aromatic ring is 1. The highest BCUT2D eigenvalue weighted by Crippen LogP contribution is 2.38. The van der Waals surface area contributed by atoms with E-state index in [1.807, 2.05) is 0 Å². The second-order valence-electron chi connectivity index (χ2n) is 6.12. The second kappa shape index (κ2) is 8.31. The Balaban J connectivity index is 1.80. The third-order valence-electron chi connectivity index (χ3n) is 3.76. The van der Waals surface area contributed by atoms with E-state index in [-0.39, 0.29) is 24.0 Å². The van der Waals surface area contributed by atoms with Gasteiger partial charge in [-0.2, -0.15) is 18.2 Å². The van der Waals surface area contributed by atoms with Crippen LogP contribution in [-0.4, -0.2) is 9.97 Å². The van der Waals surface area contributed by atoms with Crippen LogP contribution < -0.4 is 15.2 Å². The van der Waals surface area contributed by atoms with E-state index in [0.717, 1.165) is 24.3 Å². The first-order valence-corrected chi connectivity index (χ1v) is 8.67. The van der Waals surface area contributed by atoms with Crippen molar-refractivity contribution >= 4 is 17.5 Å². The zero-order valence-corrected chi connectivity index (χ0v) is 16.0. The van der Waals surface area contributed by atoms with Crippen LogP contribution in [0.15, 0.2) is 36.4 Å². The van der Waals surface area contributed by atoms with Gasteiger partial charge in [0, 0.05) is 11.8 Å². The van der Waals surface area contributed by atoms with Crippen molar-refractivity contribution in [1.29, 1.82) is 0 Å². The first-order valence-electron chi connectivity index (χ1n) is 8.29. The van der Waals surface area contributed by atoms with Crippen LogP contribution in [0.5, 0.6) is 17.4 Å². The predicted molar refractivity (Wildman–Crippen MR) is 98.4 cm³/mol.